The number of aliphatic carboxylic acids is 4. The number of carboxylic acids is 4. The van der Waals surface area contributed by atoms with Gasteiger partial charge in [-0.15, -0.1) is 0 Å². The van der Waals surface area contributed by atoms with Crippen molar-refractivity contribution in [2.24, 2.45) is 28.7 Å². The molecule has 0 spiro atoms. The van der Waals surface area contributed by atoms with E-state index in [1.54, 1.807) is 11.8 Å². The summed E-state index contributed by atoms with van der Waals surface area (Å²) in [4.78, 5) is 40.7. The molecule has 36 heavy (non-hydrogen) atoms. The van der Waals surface area contributed by atoms with Gasteiger partial charge < -0.3 is 49.1 Å². The molecule has 0 aliphatic rings. The second kappa shape index (κ2) is 34.0. The van der Waals surface area contributed by atoms with Crippen molar-refractivity contribution in [1.82, 2.24) is 0 Å². The van der Waals surface area contributed by atoms with Crippen LogP contribution in [-0.4, -0.2) is 153 Å². The molecule has 14 N–H and O–H groups in total. The second-order valence-corrected chi connectivity index (χ2v) is 9.95. The predicted octanol–water partition coefficient (Wildman–Crippen LogP) is -2.90. The first-order chi connectivity index (χ1) is 15.3. The van der Waals surface area contributed by atoms with Gasteiger partial charge in [-0.05, 0) is 37.8 Å². The zero-order valence-corrected chi connectivity index (χ0v) is 25.7. The van der Waals surface area contributed by atoms with E-state index in [4.69, 9.17) is 49.1 Å². The van der Waals surface area contributed by atoms with Crippen LogP contribution in [0, 0.1) is 0 Å². The van der Waals surface area contributed by atoms with Crippen LogP contribution < -0.4 is 28.7 Å². The number of hydrogen-bond donors (Lipinski definition) is 9. The average Bonchev–Trinajstić information content (AvgIpc) is 2.75. The van der Waals surface area contributed by atoms with E-state index in [0.717, 1.165) is 18.6 Å². The molecule has 0 aromatic heterocycles. The SMILES string of the molecule is CSCCC(N)C(=O)O.NC(CSSCC(N)C(=O)O)C(=O)O.NCCCCC(N)C(=O)O.P.[CaH2].[SeH2]. The molecular weight excluding hydrogens is 648 g/mol. The van der Waals surface area contributed by atoms with Gasteiger partial charge in [0.15, 0.2) is 0 Å². The Labute approximate surface area is 267 Å². The molecule has 0 rings (SSSR count). The first-order valence-corrected chi connectivity index (χ1v) is 13.6. The van der Waals surface area contributed by atoms with Crippen molar-refractivity contribution in [1.29, 1.82) is 0 Å². The third-order valence-corrected chi connectivity index (χ3v) is 6.57. The van der Waals surface area contributed by atoms with E-state index in [2.05, 4.69) is 0 Å². The van der Waals surface area contributed by atoms with E-state index in [0.29, 0.717) is 19.4 Å². The van der Waals surface area contributed by atoms with Gasteiger partial charge in [-0.25, -0.2) is 0 Å². The molecule has 0 aromatic rings. The molecule has 216 valence electrons. The minimum absolute atomic E-state index is 0. The third kappa shape index (κ3) is 37.1. The molecule has 5 unspecified atom stereocenters. The summed E-state index contributed by atoms with van der Waals surface area (Å²) in [5.74, 6) is -2.71. The fraction of sp³-hybridized carbons (Fsp3) is 0.765. The maximum atomic E-state index is 10.3. The Hall–Kier alpha value is 0.939. The van der Waals surface area contributed by atoms with E-state index in [1.165, 1.54) is 21.6 Å². The molecule has 0 radical (unpaired) electrons. The number of hydrogen-bond acceptors (Lipinski definition) is 12. The van der Waals surface area contributed by atoms with Gasteiger partial charge in [0, 0.05) is 11.5 Å². The van der Waals surface area contributed by atoms with Crippen LogP contribution in [0.3, 0.4) is 0 Å². The van der Waals surface area contributed by atoms with Gasteiger partial charge in [0.1, 0.15) is 24.2 Å². The second-order valence-electron chi connectivity index (χ2n) is 6.41. The van der Waals surface area contributed by atoms with Gasteiger partial charge in [0.25, 0.3) is 0 Å². The Morgan fingerprint density at radius 2 is 1.03 bits per heavy atom. The Bertz CT molecular complexity index is 560. The van der Waals surface area contributed by atoms with Crippen molar-refractivity contribution < 1.29 is 39.6 Å². The number of carbonyl (C=O) groups is 4. The number of unbranched alkanes of at least 4 members (excludes halogenated alkanes) is 1. The third-order valence-electron chi connectivity index (χ3n) is 3.45. The summed E-state index contributed by atoms with van der Waals surface area (Å²) in [5.41, 5.74) is 26.0. The van der Waals surface area contributed by atoms with Crippen molar-refractivity contribution >= 4 is 122 Å². The van der Waals surface area contributed by atoms with Gasteiger partial charge in [-0.3, -0.25) is 19.2 Å². The van der Waals surface area contributed by atoms with E-state index < -0.39 is 48.0 Å². The Balaban J connectivity index is -0.0000000925. The predicted molar refractivity (Wildman–Crippen MR) is 161 cm³/mol. The van der Waals surface area contributed by atoms with Gasteiger partial charge in [0.2, 0.25) is 0 Å². The number of thioether (sulfide) groups is 1. The van der Waals surface area contributed by atoms with Gasteiger partial charge >= 0.3 is 78.7 Å². The number of nitrogens with two attached hydrogens (primary N) is 5. The monoisotopic (exact) mass is 693 g/mol. The van der Waals surface area contributed by atoms with E-state index in [9.17, 15) is 19.2 Å². The summed E-state index contributed by atoms with van der Waals surface area (Å²) in [6.45, 7) is 0.604. The molecule has 0 bridgehead atoms. The van der Waals surface area contributed by atoms with Crippen molar-refractivity contribution in [3.05, 3.63) is 0 Å². The van der Waals surface area contributed by atoms with Crippen LogP contribution in [0.2, 0.25) is 0 Å². The molecule has 0 amide bonds. The normalized spacial score (nSPS) is 12.6. The topological polar surface area (TPSA) is 279 Å². The van der Waals surface area contributed by atoms with Crippen LogP contribution in [-0.2, 0) is 19.2 Å². The van der Waals surface area contributed by atoms with Gasteiger partial charge in [-0.2, -0.15) is 21.7 Å². The molecule has 19 heteroatoms. The Morgan fingerprint density at radius 3 is 1.31 bits per heavy atom. The molecule has 0 saturated heterocycles. The van der Waals surface area contributed by atoms with Crippen molar-refractivity contribution in [2.75, 3.05) is 30.1 Å². The molecule has 0 aliphatic carbocycles. The first kappa shape index (κ1) is 49.8. The van der Waals surface area contributed by atoms with E-state index in [1.807, 2.05) is 6.26 Å². The van der Waals surface area contributed by atoms with Crippen LogP contribution in [0.25, 0.3) is 0 Å². The first-order valence-electron chi connectivity index (χ1n) is 9.68. The summed E-state index contributed by atoms with van der Waals surface area (Å²) < 4.78 is 0. The van der Waals surface area contributed by atoms with Gasteiger partial charge in [0.05, 0.1) is 0 Å². The quantitative estimate of drug-likeness (QED) is 0.0339. The van der Waals surface area contributed by atoms with Crippen molar-refractivity contribution in [3.8, 4) is 0 Å². The minimum atomic E-state index is -1.07. The molecule has 5 atom stereocenters. The van der Waals surface area contributed by atoms with E-state index in [-0.39, 0.29) is 76.2 Å². The van der Waals surface area contributed by atoms with E-state index >= 15 is 0 Å². The summed E-state index contributed by atoms with van der Waals surface area (Å²) >= 11 is 1.60. The van der Waals surface area contributed by atoms with Crippen LogP contribution in [0.15, 0.2) is 0 Å². The molecule has 0 saturated carbocycles. The number of carboxylic acid groups (broad SMARTS) is 4. The molecule has 0 heterocycles. The molecule has 0 aromatic carbocycles. The fourth-order valence-corrected chi connectivity index (χ4v) is 4.10. The number of rotatable bonds is 16. The summed E-state index contributed by atoms with van der Waals surface area (Å²) in [5, 5.41) is 33.4. The zero-order chi connectivity index (χ0) is 26.4. The standard InChI is InChI=1S/C6H12N2O4S2.C6H14N2O2.C5H11NO2S.Ca.H3P.H2Se.2H/c7-3(5(9)10)1-13-14-2-4(8)6(11)12;7-4-2-1-3-5(8)6(9)10;1-9-3-2-4(6)5(7)8;;;;;/h3-4H,1-2,7-8H2,(H,9,10)(H,11,12);5H,1-4,7-8H2,(H,9,10);4H,2-3,6H2,1H3,(H,7,8);;1H3;1H2;;. The maximum absolute atomic E-state index is 10.3. The Kier molecular flexibility index (Phi) is 47.0. The van der Waals surface area contributed by atoms with Crippen LogP contribution in [0.5, 0.6) is 0 Å². The van der Waals surface area contributed by atoms with Crippen LogP contribution in [0.4, 0.5) is 0 Å². The summed E-state index contributed by atoms with van der Waals surface area (Å²) in [7, 11) is 2.41. The Morgan fingerprint density at radius 1 is 0.694 bits per heavy atom. The molecule has 0 aliphatic heterocycles. The summed E-state index contributed by atoms with van der Waals surface area (Å²) in [6.07, 6.45) is 4.64. The fourth-order valence-electron chi connectivity index (χ4n) is 1.39. The van der Waals surface area contributed by atoms with Crippen LogP contribution in [0.1, 0.15) is 25.7 Å². The summed E-state index contributed by atoms with van der Waals surface area (Å²) in [6, 6.07) is -3.24. The zero-order valence-electron chi connectivity index (χ0n) is 19.7. The van der Waals surface area contributed by atoms with Crippen LogP contribution >= 0.6 is 43.2 Å². The van der Waals surface area contributed by atoms with Crippen molar-refractivity contribution in [3.63, 3.8) is 0 Å². The average molecular weight is 693 g/mol. The molecular formula is C17H44CaN5O8PS3Se. The van der Waals surface area contributed by atoms with Gasteiger partial charge in [-0.1, -0.05) is 28.0 Å². The van der Waals surface area contributed by atoms with Crippen molar-refractivity contribution in [2.45, 2.75) is 49.9 Å². The molecule has 0 fully saturated rings. The molecule has 13 nitrogen and oxygen atoms in total.